The van der Waals surface area contributed by atoms with E-state index in [0.717, 1.165) is 26.2 Å². The molecule has 0 N–H and O–H groups in total. The van der Waals surface area contributed by atoms with Crippen molar-refractivity contribution in [2.45, 2.75) is 12.8 Å². The van der Waals surface area contributed by atoms with E-state index < -0.39 is 0 Å². The van der Waals surface area contributed by atoms with Crippen LogP contribution in [0, 0.1) is 0 Å². The summed E-state index contributed by atoms with van der Waals surface area (Å²) in [6.45, 7) is 3.86. The normalized spacial score (nSPS) is 20.8. The molecule has 2 aliphatic rings. The predicted molar refractivity (Wildman–Crippen MR) is 102 cm³/mol. The first-order chi connectivity index (χ1) is 12.0. The van der Waals surface area contributed by atoms with Crippen molar-refractivity contribution in [1.82, 2.24) is 14.7 Å². The Labute approximate surface area is 156 Å². The van der Waals surface area contributed by atoms with Gasteiger partial charge in [0.2, 0.25) is 5.91 Å². The van der Waals surface area contributed by atoms with Gasteiger partial charge in [0.15, 0.2) is 0 Å². The van der Waals surface area contributed by atoms with Crippen LogP contribution in [-0.2, 0) is 9.59 Å². The third kappa shape index (κ3) is 4.50. The van der Waals surface area contributed by atoms with E-state index in [1.807, 2.05) is 4.90 Å². The lowest BCUT2D eigenvalue weighted by Gasteiger charge is -2.32. The number of nitrogens with zero attached hydrogens (tertiary/aromatic N) is 3. The third-order valence-corrected chi connectivity index (χ3v) is 5.70. The molecule has 0 spiro atoms. The van der Waals surface area contributed by atoms with E-state index >= 15 is 0 Å². The lowest BCUT2D eigenvalue weighted by molar-refractivity contribution is -0.133. The number of rotatable bonds is 5. The molecule has 25 heavy (non-hydrogen) atoms. The van der Waals surface area contributed by atoms with Crippen molar-refractivity contribution in [2.75, 3.05) is 39.8 Å². The van der Waals surface area contributed by atoms with Crippen molar-refractivity contribution in [2.24, 2.45) is 0 Å². The number of piperazine rings is 1. The van der Waals surface area contributed by atoms with Crippen molar-refractivity contribution in [3.05, 3.63) is 29.1 Å². The second-order valence-corrected chi connectivity index (χ2v) is 7.81. The molecule has 0 unspecified atom stereocenters. The van der Waals surface area contributed by atoms with Gasteiger partial charge in [0, 0.05) is 45.2 Å². The maximum atomic E-state index is 12.5. The molecule has 0 atom stereocenters. The van der Waals surface area contributed by atoms with Gasteiger partial charge in [-0.15, -0.1) is 0 Å². The predicted octanol–water partition coefficient (Wildman–Crippen LogP) is 2.03. The van der Waals surface area contributed by atoms with Gasteiger partial charge in [-0.1, -0.05) is 24.0 Å². The van der Waals surface area contributed by atoms with Crippen molar-refractivity contribution in [3.63, 3.8) is 0 Å². The van der Waals surface area contributed by atoms with Crippen molar-refractivity contribution in [1.29, 1.82) is 0 Å². The van der Waals surface area contributed by atoms with Gasteiger partial charge in [0.05, 0.1) is 11.2 Å². The van der Waals surface area contributed by atoms with Gasteiger partial charge < -0.3 is 14.2 Å². The maximum absolute atomic E-state index is 12.5. The number of hydrogen-bond acceptors (Lipinski definition) is 6. The molecule has 6 nitrogen and oxygen atoms in total. The van der Waals surface area contributed by atoms with Gasteiger partial charge in [-0.25, -0.2) is 0 Å². The largest absolute Gasteiger partial charge is 0.465 e. The molecule has 0 aliphatic carbocycles. The van der Waals surface area contributed by atoms with Crippen LogP contribution in [0.2, 0.25) is 0 Å². The molecule has 134 valence electrons. The lowest BCUT2D eigenvalue weighted by atomic mass is 10.2. The summed E-state index contributed by atoms with van der Waals surface area (Å²) in [4.78, 5) is 31.0. The second-order valence-electron chi connectivity index (χ2n) is 6.14. The summed E-state index contributed by atoms with van der Waals surface area (Å²) in [6.07, 6.45) is 4.33. The van der Waals surface area contributed by atoms with E-state index in [2.05, 4.69) is 11.9 Å². The summed E-state index contributed by atoms with van der Waals surface area (Å²) in [6, 6.07) is 3.57. The molecule has 1 aromatic heterocycles. The molecular weight excluding hydrogens is 358 g/mol. The molecule has 2 aliphatic heterocycles. The van der Waals surface area contributed by atoms with Crippen LogP contribution < -0.4 is 0 Å². The first kappa shape index (κ1) is 18.2. The number of thiocarbonyl (C=S) groups is 1. The molecule has 8 heteroatoms. The number of amides is 2. The Bertz CT molecular complexity index is 679. The average Bonchev–Trinajstić information content (AvgIpc) is 3.19. The molecule has 1 aromatic rings. The van der Waals surface area contributed by atoms with Crippen LogP contribution in [0.15, 0.2) is 27.7 Å². The zero-order valence-corrected chi connectivity index (χ0v) is 15.8. The van der Waals surface area contributed by atoms with E-state index in [-0.39, 0.29) is 11.8 Å². The van der Waals surface area contributed by atoms with Crippen molar-refractivity contribution < 1.29 is 14.0 Å². The fourth-order valence-electron chi connectivity index (χ4n) is 2.80. The summed E-state index contributed by atoms with van der Waals surface area (Å²) < 4.78 is 5.78. The molecule has 3 heterocycles. The third-order valence-electron chi connectivity index (χ3n) is 4.32. The van der Waals surface area contributed by atoms with Crippen LogP contribution in [0.5, 0.6) is 0 Å². The SMILES string of the molecule is CN1CCN(C(=O)CCCN2C(=O)/C(=C\c3ccco3)SC2=S)CC1. The molecule has 3 rings (SSSR count). The summed E-state index contributed by atoms with van der Waals surface area (Å²) in [5.41, 5.74) is 0. The summed E-state index contributed by atoms with van der Waals surface area (Å²) >= 11 is 6.58. The zero-order valence-electron chi connectivity index (χ0n) is 14.1. The van der Waals surface area contributed by atoms with Gasteiger partial charge >= 0.3 is 0 Å². The number of carbonyl (C=O) groups excluding carboxylic acids is 2. The van der Waals surface area contributed by atoms with Crippen LogP contribution in [0.4, 0.5) is 0 Å². The van der Waals surface area contributed by atoms with Crippen LogP contribution in [0.25, 0.3) is 6.08 Å². The summed E-state index contributed by atoms with van der Waals surface area (Å²) in [5.74, 6) is 0.675. The zero-order chi connectivity index (χ0) is 17.8. The first-order valence-corrected chi connectivity index (χ1v) is 9.52. The number of furan rings is 1. The van der Waals surface area contributed by atoms with E-state index in [9.17, 15) is 9.59 Å². The molecule has 0 bridgehead atoms. The molecule has 2 saturated heterocycles. The topological polar surface area (TPSA) is 57.0 Å². The second kappa shape index (κ2) is 8.16. The number of thioether (sulfide) groups is 1. The highest BCUT2D eigenvalue weighted by Gasteiger charge is 2.32. The van der Waals surface area contributed by atoms with Crippen LogP contribution in [0.3, 0.4) is 0 Å². The molecule has 2 fully saturated rings. The average molecular weight is 380 g/mol. The first-order valence-electron chi connectivity index (χ1n) is 8.30. The number of carbonyl (C=O) groups is 2. The standard InChI is InChI=1S/C17H21N3O3S2/c1-18-7-9-19(10-8-18)15(21)5-2-6-20-16(22)14(25-17(20)24)12-13-4-3-11-23-13/h3-4,11-12H,2,5-10H2,1H3/b14-12+. The Hall–Kier alpha value is -1.64. The number of likely N-dealkylation sites (N-methyl/N-ethyl adjacent to an activating group) is 1. The van der Waals surface area contributed by atoms with Gasteiger partial charge in [-0.3, -0.25) is 14.5 Å². The molecular formula is C17H21N3O3S2. The fourth-order valence-corrected chi connectivity index (χ4v) is 4.09. The Morgan fingerprint density at radius 3 is 2.80 bits per heavy atom. The minimum absolute atomic E-state index is 0.113. The number of hydrogen-bond donors (Lipinski definition) is 0. The van der Waals surface area contributed by atoms with Crippen molar-refractivity contribution in [3.8, 4) is 0 Å². The van der Waals surface area contributed by atoms with E-state index in [1.165, 1.54) is 11.8 Å². The minimum atomic E-state index is -0.113. The quantitative estimate of drug-likeness (QED) is 0.576. The van der Waals surface area contributed by atoms with E-state index in [0.29, 0.717) is 34.4 Å². The highest BCUT2D eigenvalue weighted by molar-refractivity contribution is 8.26. The Morgan fingerprint density at radius 1 is 1.36 bits per heavy atom. The van der Waals surface area contributed by atoms with Gasteiger partial charge in [-0.05, 0) is 25.6 Å². The molecule has 0 saturated carbocycles. The van der Waals surface area contributed by atoms with Crippen molar-refractivity contribution >= 4 is 46.2 Å². The smallest absolute Gasteiger partial charge is 0.266 e. The summed E-state index contributed by atoms with van der Waals surface area (Å²) in [5, 5.41) is 0. The van der Waals surface area contributed by atoms with Gasteiger partial charge in [0.25, 0.3) is 5.91 Å². The van der Waals surface area contributed by atoms with Crippen LogP contribution >= 0.6 is 24.0 Å². The van der Waals surface area contributed by atoms with Gasteiger partial charge in [-0.2, -0.15) is 0 Å². The van der Waals surface area contributed by atoms with Crippen LogP contribution in [0.1, 0.15) is 18.6 Å². The highest BCUT2D eigenvalue weighted by Crippen LogP contribution is 2.32. The summed E-state index contributed by atoms with van der Waals surface area (Å²) in [7, 11) is 2.06. The molecule has 0 radical (unpaired) electrons. The minimum Gasteiger partial charge on any atom is -0.465 e. The van der Waals surface area contributed by atoms with E-state index in [1.54, 1.807) is 29.4 Å². The maximum Gasteiger partial charge on any atom is 0.266 e. The molecule has 0 aromatic carbocycles. The Balaban J connectivity index is 1.49. The fraction of sp³-hybridized carbons (Fsp3) is 0.471. The Morgan fingerprint density at radius 2 is 2.12 bits per heavy atom. The monoisotopic (exact) mass is 379 g/mol. The highest BCUT2D eigenvalue weighted by atomic mass is 32.2. The van der Waals surface area contributed by atoms with Gasteiger partial charge in [0.1, 0.15) is 10.1 Å². The molecule has 2 amide bonds. The van der Waals surface area contributed by atoms with Crippen LogP contribution in [-0.4, -0.2) is 70.6 Å². The lowest BCUT2D eigenvalue weighted by Crippen LogP contribution is -2.47. The Kier molecular flexibility index (Phi) is 5.93. The van der Waals surface area contributed by atoms with E-state index in [4.69, 9.17) is 16.6 Å².